The Hall–Kier alpha value is -1.60. The number of carboxylic acids is 1. The maximum atomic E-state index is 12.1. The van der Waals surface area contributed by atoms with Gasteiger partial charge in [0, 0.05) is 36.9 Å². The van der Waals surface area contributed by atoms with E-state index in [1.54, 1.807) is 12.1 Å². The summed E-state index contributed by atoms with van der Waals surface area (Å²) in [7, 11) is 0. The monoisotopic (exact) mass is 458 g/mol. The highest BCUT2D eigenvalue weighted by atomic mass is 79.9. The number of carbonyl (C=O) groups excluding carboxylic acids is 1. The first kappa shape index (κ1) is 24.4. The lowest BCUT2D eigenvalue weighted by molar-refractivity contribution is -0.137. The van der Waals surface area contributed by atoms with E-state index in [1.165, 1.54) is 6.92 Å². The molecule has 0 atom stereocenters. The number of ether oxygens (including phenoxy) is 3. The third-order valence-corrected chi connectivity index (χ3v) is 4.55. The lowest BCUT2D eigenvalue weighted by Crippen LogP contribution is -2.10. The molecule has 0 saturated carbocycles. The van der Waals surface area contributed by atoms with Gasteiger partial charge < -0.3 is 19.3 Å². The van der Waals surface area contributed by atoms with Gasteiger partial charge in [-0.1, -0.05) is 29.3 Å². The third-order valence-electron chi connectivity index (χ3n) is 3.99. The molecule has 0 unspecified atom stereocenters. The Kier molecular flexibility index (Phi) is 12.6. The van der Waals surface area contributed by atoms with Crippen LogP contribution < -0.4 is 9.47 Å². The van der Waals surface area contributed by atoms with Gasteiger partial charge in [0.2, 0.25) is 0 Å². The number of halogens is 1. The Labute approximate surface area is 175 Å². The van der Waals surface area contributed by atoms with Gasteiger partial charge in [0.05, 0.1) is 18.8 Å². The Bertz CT molecular complexity index is 617. The van der Waals surface area contributed by atoms with Crippen molar-refractivity contribution < 1.29 is 28.9 Å². The molecule has 0 saturated heterocycles. The van der Waals surface area contributed by atoms with Crippen molar-refractivity contribution in [3.8, 4) is 11.5 Å². The summed E-state index contributed by atoms with van der Waals surface area (Å²) in [5.74, 6) is 0.330. The summed E-state index contributed by atoms with van der Waals surface area (Å²) in [5, 5.41) is 9.68. The molecule has 7 heteroatoms. The van der Waals surface area contributed by atoms with Crippen molar-refractivity contribution in [2.75, 3.05) is 31.8 Å². The Balaban J connectivity index is 2.82. The number of aliphatic carboxylic acids is 1. The van der Waals surface area contributed by atoms with Crippen LogP contribution in [-0.4, -0.2) is 48.6 Å². The molecule has 0 aliphatic heterocycles. The molecule has 28 heavy (non-hydrogen) atoms. The van der Waals surface area contributed by atoms with Crippen LogP contribution in [0.5, 0.6) is 11.5 Å². The molecule has 158 valence electrons. The van der Waals surface area contributed by atoms with Gasteiger partial charge in [-0.3, -0.25) is 9.59 Å². The van der Waals surface area contributed by atoms with E-state index in [0.717, 1.165) is 30.2 Å². The predicted octanol–water partition coefficient (Wildman–Crippen LogP) is 4.66. The first-order chi connectivity index (χ1) is 13.5. The topological polar surface area (TPSA) is 82.1 Å². The number of ketones is 1. The predicted molar refractivity (Wildman–Crippen MR) is 112 cm³/mol. The minimum atomic E-state index is -0.841. The van der Waals surface area contributed by atoms with Crippen LogP contribution in [0.3, 0.4) is 0 Å². The van der Waals surface area contributed by atoms with Crippen molar-refractivity contribution in [3.63, 3.8) is 0 Å². The summed E-state index contributed by atoms with van der Waals surface area (Å²) in [6.07, 6.45) is 3.78. The number of rotatable bonds is 16. The minimum absolute atomic E-state index is 0.0571. The number of alkyl halides is 1. The van der Waals surface area contributed by atoms with Gasteiger partial charge >= 0.3 is 5.97 Å². The molecule has 0 fully saturated rings. The molecule has 6 nitrogen and oxygen atoms in total. The first-order valence-corrected chi connectivity index (χ1v) is 10.9. The van der Waals surface area contributed by atoms with Gasteiger partial charge in [-0.2, -0.15) is 0 Å². The lowest BCUT2D eigenvalue weighted by atomic mass is 10.0. The molecule has 0 amide bonds. The van der Waals surface area contributed by atoms with E-state index >= 15 is 0 Å². The molecular formula is C21H31BrO6. The van der Waals surface area contributed by atoms with E-state index in [9.17, 15) is 9.59 Å². The minimum Gasteiger partial charge on any atom is -0.493 e. The molecule has 0 bridgehead atoms. The number of hydrogen-bond donors (Lipinski definition) is 1. The van der Waals surface area contributed by atoms with Crippen LogP contribution in [0.1, 0.15) is 61.9 Å². The second-order valence-electron chi connectivity index (χ2n) is 6.43. The molecule has 1 rings (SSSR count). The Morgan fingerprint density at radius 3 is 2.39 bits per heavy atom. The highest BCUT2D eigenvalue weighted by Gasteiger charge is 2.18. The number of carbonyl (C=O) groups is 2. The molecule has 0 aliphatic carbocycles. The third kappa shape index (κ3) is 9.06. The van der Waals surface area contributed by atoms with Crippen molar-refractivity contribution in [2.24, 2.45) is 0 Å². The Morgan fingerprint density at radius 2 is 1.75 bits per heavy atom. The van der Waals surface area contributed by atoms with Gasteiger partial charge in [0.1, 0.15) is 11.5 Å². The smallest absolute Gasteiger partial charge is 0.303 e. The second-order valence-corrected chi connectivity index (χ2v) is 7.22. The molecule has 0 radical (unpaired) electrons. The summed E-state index contributed by atoms with van der Waals surface area (Å²) in [5.41, 5.74) is 1.41. The lowest BCUT2D eigenvalue weighted by Gasteiger charge is -2.18. The average Bonchev–Trinajstić information content (AvgIpc) is 2.65. The maximum absolute atomic E-state index is 12.1. The zero-order chi connectivity index (χ0) is 20.8. The summed E-state index contributed by atoms with van der Waals surface area (Å²) in [6, 6.07) is 3.49. The second kappa shape index (κ2) is 14.4. The summed E-state index contributed by atoms with van der Waals surface area (Å²) < 4.78 is 17.3. The fourth-order valence-corrected chi connectivity index (χ4v) is 2.90. The van der Waals surface area contributed by atoms with Gasteiger partial charge in [-0.15, -0.1) is 0 Å². The average molecular weight is 459 g/mol. The molecule has 0 aromatic heterocycles. The van der Waals surface area contributed by atoms with Crippen molar-refractivity contribution in [1.82, 2.24) is 0 Å². The molecule has 1 aromatic carbocycles. The fourth-order valence-electron chi connectivity index (χ4n) is 2.67. The van der Waals surface area contributed by atoms with Crippen LogP contribution in [-0.2, 0) is 16.0 Å². The van der Waals surface area contributed by atoms with Crippen LogP contribution in [0, 0.1) is 0 Å². The number of Topliss-reactive ketones (excluding diaryl/α,β-unsaturated/α-hetero) is 1. The van der Waals surface area contributed by atoms with Crippen LogP contribution in [0.2, 0.25) is 0 Å². The summed E-state index contributed by atoms with van der Waals surface area (Å²) >= 11 is 3.37. The highest BCUT2D eigenvalue weighted by molar-refractivity contribution is 9.09. The van der Waals surface area contributed by atoms with E-state index < -0.39 is 5.97 Å². The quantitative estimate of drug-likeness (QED) is 0.220. The van der Waals surface area contributed by atoms with Gasteiger partial charge in [0.15, 0.2) is 5.78 Å². The standard InChI is InChI=1S/C21H31BrO6/c1-3-7-18-19(27-14-4-8-20(24)25)10-9-17(16(2)23)21(18)28-15-6-13-26-12-5-11-22/h9-10H,3-8,11-15H2,1-2H3,(H,24,25). The zero-order valence-electron chi connectivity index (χ0n) is 16.8. The normalized spacial score (nSPS) is 10.7. The van der Waals surface area contributed by atoms with Gasteiger partial charge in [-0.25, -0.2) is 0 Å². The van der Waals surface area contributed by atoms with Gasteiger partial charge in [0.25, 0.3) is 0 Å². The van der Waals surface area contributed by atoms with Crippen molar-refractivity contribution in [3.05, 3.63) is 23.3 Å². The van der Waals surface area contributed by atoms with E-state index in [1.807, 2.05) is 0 Å². The molecular weight excluding hydrogens is 428 g/mol. The van der Waals surface area contributed by atoms with Crippen molar-refractivity contribution in [1.29, 1.82) is 0 Å². The molecule has 0 heterocycles. The van der Waals surface area contributed by atoms with E-state index in [-0.39, 0.29) is 12.2 Å². The largest absolute Gasteiger partial charge is 0.493 e. The Morgan fingerprint density at radius 1 is 1.04 bits per heavy atom. The van der Waals surface area contributed by atoms with Crippen LogP contribution in [0.15, 0.2) is 12.1 Å². The van der Waals surface area contributed by atoms with Crippen molar-refractivity contribution >= 4 is 27.7 Å². The van der Waals surface area contributed by atoms with E-state index in [4.69, 9.17) is 19.3 Å². The van der Waals surface area contributed by atoms with Crippen molar-refractivity contribution in [2.45, 2.75) is 52.4 Å². The fraction of sp³-hybridized carbons (Fsp3) is 0.619. The maximum Gasteiger partial charge on any atom is 0.303 e. The highest BCUT2D eigenvalue weighted by Crippen LogP contribution is 2.34. The van der Waals surface area contributed by atoms with Crippen LogP contribution >= 0.6 is 15.9 Å². The van der Waals surface area contributed by atoms with Gasteiger partial charge in [-0.05, 0) is 38.3 Å². The molecule has 0 aliphatic rings. The number of carboxylic acid groups (broad SMARTS) is 1. The van der Waals surface area contributed by atoms with E-state index in [0.29, 0.717) is 56.3 Å². The molecule has 1 aromatic rings. The summed E-state index contributed by atoms with van der Waals surface area (Å²) in [4.78, 5) is 22.7. The molecule has 1 N–H and O–H groups in total. The van der Waals surface area contributed by atoms with Crippen LogP contribution in [0.4, 0.5) is 0 Å². The van der Waals surface area contributed by atoms with Crippen LogP contribution in [0.25, 0.3) is 0 Å². The summed E-state index contributed by atoms with van der Waals surface area (Å²) in [6.45, 7) is 5.66. The number of benzene rings is 1. The zero-order valence-corrected chi connectivity index (χ0v) is 18.4. The van der Waals surface area contributed by atoms with E-state index in [2.05, 4.69) is 22.9 Å². The number of hydrogen-bond acceptors (Lipinski definition) is 5. The first-order valence-electron chi connectivity index (χ1n) is 9.79. The SMILES string of the molecule is CCCc1c(OCCCC(=O)O)ccc(C(C)=O)c1OCCCOCCCBr. The molecule has 0 spiro atoms.